The first-order valence-corrected chi connectivity index (χ1v) is 3.51. The molecule has 0 aromatic heterocycles. The predicted octanol–water partition coefficient (Wildman–Crippen LogP) is -0.748. The molecule has 1 rings (SSSR count). The van der Waals surface area contributed by atoms with Gasteiger partial charge in [0.25, 0.3) is 0 Å². The lowest BCUT2D eigenvalue weighted by atomic mass is 10.1. The Bertz CT molecular complexity index is 298. The Hall–Kier alpha value is -1.83. The molecule has 0 N–H and O–H groups in total. The predicted molar refractivity (Wildman–Crippen MR) is 39.0 cm³/mol. The number of carbonyl (C=O) groups excluding carboxylic acids is 3. The molecule has 0 saturated carbocycles. The minimum Gasteiger partial charge on any atom is -0.455 e. The molecule has 1 saturated heterocycles. The lowest BCUT2D eigenvalue weighted by Gasteiger charge is -2.02. The van der Waals surface area contributed by atoms with E-state index in [-0.39, 0.29) is 13.0 Å². The van der Waals surface area contributed by atoms with Crippen LogP contribution < -0.4 is 0 Å². The van der Waals surface area contributed by atoms with Crippen LogP contribution in [0.3, 0.4) is 0 Å². The van der Waals surface area contributed by atoms with Crippen LogP contribution >= 0.6 is 0 Å². The van der Waals surface area contributed by atoms with Crippen LogP contribution in [0.4, 0.5) is 0 Å². The monoisotopic (exact) mass is 182 g/mol. The van der Waals surface area contributed by atoms with Crippen LogP contribution in [-0.4, -0.2) is 24.5 Å². The van der Waals surface area contributed by atoms with E-state index in [1.165, 1.54) is 0 Å². The number of ether oxygens (including phenoxy) is 2. The number of rotatable bonds is 2. The quantitative estimate of drug-likeness (QED) is 0.243. The standard InChI is InChI=1S/C8H6O5/c1-2-6(9)12-4-5-3-7(10)13-8(5)11/h1,5H,3-4H2. The van der Waals surface area contributed by atoms with E-state index in [2.05, 4.69) is 9.47 Å². The maximum absolute atomic E-state index is 10.8. The van der Waals surface area contributed by atoms with Gasteiger partial charge < -0.3 is 9.47 Å². The summed E-state index contributed by atoms with van der Waals surface area (Å²) in [4.78, 5) is 31.8. The Labute approximate surface area is 74.0 Å². The van der Waals surface area contributed by atoms with Gasteiger partial charge in [-0.05, 0) is 0 Å². The number of esters is 3. The van der Waals surface area contributed by atoms with Crippen molar-refractivity contribution >= 4 is 17.9 Å². The first-order chi connectivity index (χ1) is 6.13. The van der Waals surface area contributed by atoms with Gasteiger partial charge in [0.05, 0.1) is 6.42 Å². The number of cyclic esters (lactones) is 2. The molecule has 0 spiro atoms. The smallest absolute Gasteiger partial charge is 0.384 e. The SMILES string of the molecule is C#CC(=O)OCC1CC(=O)OC1=O. The summed E-state index contributed by atoms with van der Waals surface area (Å²) in [6, 6.07) is 0. The van der Waals surface area contributed by atoms with Crippen molar-refractivity contribution in [1.82, 2.24) is 0 Å². The zero-order valence-corrected chi connectivity index (χ0v) is 6.61. The summed E-state index contributed by atoms with van der Waals surface area (Å²) < 4.78 is 8.68. The zero-order chi connectivity index (χ0) is 9.84. The van der Waals surface area contributed by atoms with Gasteiger partial charge in [-0.25, -0.2) is 4.79 Å². The Kier molecular flexibility index (Phi) is 2.65. The summed E-state index contributed by atoms with van der Waals surface area (Å²) in [5.41, 5.74) is 0. The van der Waals surface area contributed by atoms with Gasteiger partial charge >= 0.3 is 17.9 Å². The van der Waals surface area contributed by atoms with E-state index in [0.717, 1.165) is 0 Å². The van der Waals surface area contributed by atoms with Gasteiger partial charge in [-0.3, -0.25) is 9.59 Å². The molecule has 1 fully saturated rings. The maximum Gasteiger partial charge on any atom is 0.384 e. The van der Waals surface area contributed by atoms with E-state index in [0.29, 0.717) is 0 Å². The Morgan fingerprint density at radius 2 is 2.38 bits per heavy atom. The molecule has 0 amide bonds. The lowest BCUT2D eigenvalue weighted by molar-refractivity contribution is -0.153. The van der Waals surface area contributed by atoms with Gasteiger partial charge in [-0.15, -0.1) is 6.42 Å². The molecular formula is C8H6O5. The fraction of sp³-hybridized carbons (Fsp3) is 0.375. The summed E-state index contributed by atoms with van der Waals surface area (Å²) in [5.74, 6) is -1.12. The van der Waals surface area contributed by atoms with Crippen molar-refractivity contribution in [3.8, 4) is 12.3 Å². The molecule has 68 valence electrons. The Morgan fingerprint density at radius 3 is 2.85 bits per heavy atom. The van der Waals surface area contributed by atoms with E-state index < -0.39 is 23.8 Å². The van der Waals surface area contributed by atoms with Gasteiger partial charge in [0.1, 0.15) is 12.5 Å². The van der Waals surface area contributed by atoms with Crippen LogP contribution in [0, 0.1) is 18.3 Å². The summed E-state index contributed by atoms with van der Waals surface area (Å²) in [5, 5.41) is 0. The van der Waals surface area contributed by atoms with Gasteiger partial charge in [0.15, 0.2) is 0 Å². The molecule has 0 aromatic rings. The normalized spacial score (nSPS) is 20.7. The number of carbonyl (C=O) groups is 3. The van der Waals surface area contributed by atoms with Crippen molar-refractivity contribution in [3.63, 3.8) is 0 Å². The average molecular weight is 182 g/mol. The highest BCUT2D eigenvalue weighted by atomic mass is 16.6. The van der Waals surface area contributed by atoms with E-state index >= 15 is 0 Å². The van der Waals surface area contributed by atoms with Crippen LogP contribution in [0.2, 0.25) is 0 Å². The molecule has 13 heavy (non-hydrogen) atoms. The third-order valence-corrected chi connectivity index (χ3v) is 1.49. The third kappa shape index (κ3) is 2.30. The zero-order valence-electron chi connectivity index (χ0n) is 6.61. The molecule has 1 aliphatic heterocycles. The second-order valence-corrected chi connectivity index (χ2v) is 2.44. The minimum atomic E-state index is -0.854. The van der Waals surface area contributed by atoms with Gasteiger partial charge in [0, 0.05) is 5.92 Å². The van der Waals surface area contributed by atoms with Gasteiger partial charge in [-0.2, -0.15) is 0 Å². The molecule has 5 nitrogen and oxygen atoms in total. The first kappa shape index (κ1) is 9.26. The van der Waals surface area contributed by atoms with Gasteiger partial charge in [-0.1, -0.05) is 0 Å². The van der Waals surface area contributed by atoms with Crippen molar-refractivity contribution < 1.29 is 23.9 Å². The summed E-state index contributed by atoms with van der Waals surface area (Å²) in [6.45, 7) is -0.201. The van der Waals surface area contributed by atoms with Crippen molar-refractivity contribution in [2.45, 2.75) is 6.42 Å². The van der Waals surface area contributed by atoms with Crippen molar-refractivity contribution in [2.24, 2.45) is 5.92 Å². The highest BCUT2D eigenvalue weighted by Gasteiger charge is 2.34. The Morgan fingerprint density at radius 1 is 1.69 bits per heavy atom. The highest BCUT2D eigenvalue weighted by molar-refractivity contribution is 5.95. The summed E-state index contributed by atoms with van der Waals surface area (Å²) in [6.07, 6.45) is 4.65. The fourth-order valence-corrected chi connectivity index (χ4v) is 0.867. The summed E-state index contributed by atoms with van der Waals surface area (Å²) >= 11 is 0. The van der Waals surface area contributed by atoms with Crippen molar-refractivity contribution in [2.75, 3.05) is 6.61 Å². The first-order valence-electron chi connectivity index (χ1n) is 3.51. The summed E-state index contributed by atoms with van der Waals surface area (Å²) in [7, 11) is 0. The van der Waals surface area contributed by atoms with Crippen LogP contribution in [-0.2, 0) is 23.9 Å². The molecule has 0 aromatic carbocycles. The molecule has 0 radical (unpaired) electrons. The lowest BCUT2D eigenvalue weighted by Crippen LogP contribution is -2.17. The molecule has 1 unspecified atom stereocenters. The van der Waals surface area contributed by atoms with E-state index in [4.69, 9.17) is 6.42 Å². The average Bonchev–Trinajstić information content (AvgIpc) is 2.41. The molecule has 0 bridgehead atoms. The van der Waals surface area contributed by atoms with Crippen LogP contribution in [0.15, 0.2) is 0 Å². The van der Waals surface area contributed by atoms with Gasteiger partial charge in [0.2, 0.25) is 0 Å². The minimum absolute atomic E-state index is 0.0588. The third-order valence-electron chi connectivity index (χ3n) is 1.49. The number of hydrogen-bond acceptors (Lipinski definition) is 5. The Balaban J connectivity index is 2.39. The molecular weight excluding hydrogens is 176 g/mol. The second kappa shape index (κ2) is 3.72. The maximum atomic E-state index is 10.8. The molecule has 1 heterocycles. The van der Waals surface area contributed by atoms with E-state index in [9.17, 15) is 14.4 Å². The van der Waals surface area contributed by atoms with E-state index in [1.54, 1.807) is 5.92 Å². The highest BCUT2D eigenvalue weighted by Crippen LogP contribution is 2.15. The number of terminal acetylenes is 1. The van der Waals surface area contributed by atoms with Crippen molar-refractivity contribution in [3.05, 3.63) is 0 Å². The van der Waals surface area contributed by atoms with Crippen molar-refractivity contribution in [1.29, 1.82) is 0 Å². The molecule has 1 aliphatic rings. The van der Waals surface area contributed by atoms with Crippen LogP contribution in [0.5, 0.6) is 0 Å². The van der Waals surface area contributed by atoms with Crippen LogP contribution in [0.25, 0.3) is 0 Å². The molecule has 1 atom stereocenters. The van der Waals surface area contributed by atoms with Crippen LogP contribution in [0.1, 0.15) is 6.42 Å². The number of hydrogen-bond donors (Lipinski definition) is 0. The molecule has 5 heteroatoms. The van der Waals surface area contributed by atoms with E-state index in [1.807, 2.05) is 0 Å². The second-order valence-electron chi connectivity index (χ2n) is 2.44. The largest absolute Gasteiger partial charge is 0.455 e. The molecule has 0 aliphatic carbocycles. The fourth-order valence-electron chi connectivity index (χ4n) is 0.867. The topological polar surface area (TPSA) is 69.7 Å².